The Labute approximate surface area is 519 Å². The number of carbonyl (C=O) groups is 10. The summed E-state index contributed by atoms with van der Waals surface area (Å²) in [4.78, 5) is 147. The van der Waals surface area contributed by atoms with Gasteiger partial charge in [-0.05, 0) is 135 Å². The van der Waals surface area contributed by atoms with Crippen LogP contribution in [0.4, 0.5) is 0 Å². The van der Waals surface area contributed by atoms with Gasteiger partial charge in [-0.1, -0.05) is 6.42 Å². The highest BCUT2D eigenvalue weighted by Gasteiger charge is 2.41. The van der Waals surface area contributed by atoms with Gasteiger partial charge in [-0.15, -0.1) is 0 Å². The molecule has 0 aromatic carbocycles. The van der Waals surface area contributed by atoms with Crippen LogP contribution >= 0.6 is 0 Å². The zero-order valence-electron chi connectivity index (χ0n) is 51.1. The molecular weight excluding hydrogens is 1160 g/mol. The number of nitrogens with two attached hydrogens (primary N) is 9. The van der Waals surface area contributed by atoms with Crippen LogP contribution in [0.25, 0.3) is 0 Å². The summed E-state index contributed by atoms with van der Waals surface area (Å²) in [7, 11) is 0. The highest BCUT2D eigenvalue weighted by atomic mass is 16.3. The van der Waals surface area contributed by atoms with Gasteiger partial charge >= 0.3 is 0 Å². The topological polar surface area (TPSA) is 621 Å². The number of carbonyl (C=O) groups excluding carboxylic acids is 10. The van der Waals surface area contributed by atoms with Crippen LogP contribution in [0.5, 0.6) is 0 Å². The fourth-order valence-electron chi connectivity index (χ4n) is 9.53. The minimum absolute atomic E-state index is 0.0144. The second-order valence-electron chi connectivity index (χ2n) is 21.8. The lowest BCUT2D eigenvalue weighted by atomic mass is 10.0. The maximum absolute atomic E-state index is 14.5. The second kappa shape index (κ2) is 44.3. The average molecular weight is 1270 g/mol. The van der Waals surface area contributed by atoms with Gasteiger partial charge in [0, 0.05) is 51.0 Å². The van der Waals surface area contributed by atoms with E-state index in [1.54, 1.807) is 0 Å². The lowest BCUT2D eigenvalue weighted by Gasteiger charge is -2.30. The Balaban J connectivity index is 2.37. The van der Waals surface area contributed by atoms with E-state index < -0.39 is 145 Å². The third kappa shape index (κ3) is 29.3. The third-order valence-corrected chi connectivity index (χ3v) is 14.6. The van der Waals surface area contributed by atoms with Gasteiger partial charge in [0.1, 0.15) is 48.3 Å². The van der Waals surface area contributed by atoms with Crippen molar-refractivity contribution in [3.8, 4) is 0 Å². The number of hydrogen-bond donors (Lipinski definition) is 23. The van der Waals surface area contributed by atoms with Crippen LogP contribution in [0.2, 0.25) is 0 Å². The van der Waals surface area contributed by atoms with Crippen molar-refractivity contribution in [2.24, 2.45) is 51.6 Å². The molecule has 506 valence electrons. The van der Waals surface area contributed by atoms with Gasteiger partial charge in [0.25, 0.3) is 0 Å². The van der Waals surface area contributed by atoms with Gasteiger partial charge in [0.05, 0.1) is 31.1 Å². The average Bonchev–Trinajstić information content (AvgIpc) is 3.27. The minimum atomic E-state index is -1.84. The molecule has 1 aromatic heterocycles. The van der Waals surface area contributed by atoms with Gasteiger partial charge in [-0.2, -0.15) is 0 Å². The smallest absolute Gasteiger partial charge is 0.246 e. The molecule has 0 radical (unpaired) electrons. The fraction of sp³-hybridized carbons (Fsp3) is 0.741. The van der Waals surface area contributed by atoms with E-state index in [1.807, 2.05) is 0 Å². The Morgan fingerprint density at radius 2 is 1.04 bits per heavy atom. The van der Waals surface area contributed by atoms with Crippen LogP contribution in [0.3, 0.4) is 0 Å². The third-order valence-electron chi connectivity index (χ3n) is 14.6. The molecule has 1 fully saturated rings. The van der Waals surface area contributed by atoms with Crippen LogP contribution in [0.1, 0.15) is 115 Å². The lowest BCUT2D eigenvalue weighted by Crippen LogP contribution is -2.63. The molecule has 10 amide bonds. The maximum atomic E-state index is 14.5. The Morgan fingerprint density at radius 3 is 1.58 bits per heavy atom. The van der Waals surface area contributed by atoms with E-state index >= 15 is 0 Å². The monoisotopic (exact) mass is 1270 g/mol. The van der Waals surface area contributed by atoms with E-state index in [2.05, 4.69) is 63.1 Å². The Hall–Kier alpha value is -7.22. The van der Waals surface area contributed by atoms with Crippen molar-refractivity contribution in [2.45, 2.75) is 182 Å². The number of likely N-dealkylation sites (tertiary alicyclic amines) is 1. The summed E-state index contributed by atoms with van der Waals surface area (Å²) in [5.41, 5.74) is 51.6. The number of aliphatic hydroxyl groups excluding tert-OH is 2. The number of unbranched alkanes of at least 4 members (excludes halogenated alkanes) is 4. The summed E-state index contributed by atoms with van der Waals surface area (Å²) in [5, 5.41) is 54.8. The van der Waals surface area contributed by atoms with Crippen LogP contribution in [0, 0.1) is 5.41 Å². The Morgan fingerprint density at radius 1 is 0.551 bits per heavy atom. The van der Waals surface area contributed by atoms with Crippen molar-refractivity contribution in [1.82, 2.24) is 68.0 Å². The van der Waals surface area contributed by atoms with Crippen molar-refractivity contribution in [2.75, 3.05) is 72.0 Å². The maximum Gasteiger partial charge on any atom is 0.246 e. The molecule has 2 heterocycles. The highest BCUT2D eigenvalue weighted by molar-refractivity contribution is 5.98. The van der Waals surface area contributed by atoms with Crippen molar-refractivity contribution in [3.63, 3.8) is 0 Å². The van der Waals surface area contributed by atoms with E-state index in [9.17, 15) is 58.2 Å². The predicted molar refractivity (Wildman–Crippen MR) is 329 cm³/mol. The zero-order valence-corrected chi connectivity index (χ0v) is 51.1. The summed E-state index contributed by atoms with van der Waals surface area (Å²) in [6.45, 7) is 0.136. The van der Waals surface area contributed by atoms with Crippen molar-refractivity contribution in [1.29, 1.82) is 5.41 Å². The molecule has 11 atom stereocenters. The SMILES string of the molecule is N=C(N)NCCCC(NC(=O)C(CCCCN)NC(=O)C(Cc1cnc[nH]1)NC(=O)C1CCCN1C(=O)C(CCCN)NC(=O)CNC(=O)C(NC(=O)C(NC(=O)C(N)CCCCN)C(O)CN)C(O)CN)C(=O)NC(CCCCN)C(=O)NCCCCN. The summed E-state index contributed by atoms with van der Waals surface area (Å²) >= 11 is 0. The standard InChI is InChI=1S/C54H103N23O12/c55-18-4-1-12-33(62)45(81)75-44(41(79)28-61)52(88)76-43(40(78)27-60)51(87)68-30-42(80)70-37(15-9-22-59)53(89)77-25-11-17-39(77)50(86)74-38(26-32-29-65-31-69-32)49(85)73-35(14-3-6-20-57)47(83)72-36(16-10-24-67-54(63)64)48(84)71-34(13-2-5-19-56)46(82)66-23-8-7-21-58/h29,31,33-41,43-44,78-79H,1-28,30,55-62H2,(H,65,69)(H,66,82)(H,68,87)(H,70,80)(H,71,84)(H,72,83)(H,73,85)(H,74,86)(H,75,81)(H,76,88)(H4,63,64,67). The first kappa shape index (κ1) is 77.9. The lowest BCUT2D eigenvalue weighted by molar-refractivity contribution is -0.142. The molecule has 1 aromatic rings. The van der Waals surface area contributed by atoms with E-state index in [4.69, 9.17) is 57.0 Å². The number of aliphatic hydroxyl groups is 2. The van der Waals surface area contributed by atoms with Gasteiger partial charge in [0.2, 0.25) is 59.1 Å². The van der Waals surface area contributed by atoms with Gasteiger partial charge < -0.3 is 125 Å². The second-order valence-corrected chi connectivity index (χ2v) is 21.8. The van der Waals surface area contributed by atoms with Gasteiger partial charge in [-0.3, -0.25) is 53.4 Å². The number of rotatable bonds is 47. The number of nitrogens with one attached hydrogen (secondary N) is 12. The summed E-state index contributed by atoms with van der Waals surface area (Å²) in [5.74, 6) is -8.46. The molecule has 32 N–H and O–H groups in total. The molecule has 2 rings (SSSR count). The molecule has 1 saturated heterocycles. The molecule has 1 aliphatic heterocycles. The number of aromatic amines is 1. The van der Waals surface area contributed by atoms with Crippen molar-refractivity contribution < 1.29 is 58.2 Å². The number of imidazole rings is 1. The number of nitrogens with zero attached hydrogens (tertiary/aromatic N) is 2. The molecule has 1 aliphatic rings. The number of guanidine groups is 1. The molecule has 0 aliphatic carbocycles. The van der Waals surface area contributed by atoms with Crippen LogP contribution in [-0.4, -0.2) is 229 Å². The zero-order chi connectivity index (χ0) is 66.3. The normalized spacial score (nSPS) is 16.3. The Kier molecular flexibility index (Phi) is 38.7. The first-order chi connectivity index (χ1) is 42.6. The number of H-pyrrole nitrogens is 1. The molecule has 0 spiro atoms. The molecular formula is C54H103N23O12. The van der Waals surface area contributed by atoms with E-state index in [-0.39, 0.29) is 89.9 Å². The highest BCUT2D eigenvalue weighted by Crippen LogP contribution is 2.21. The minimum Gasteiger partial charge on any atom is -0.389 e. The Bertz CT molecular complexity index is 2340. The van der Waals surface area contributed by atoms with Crippen LogP contribution in [0.15, 0.2) is 12.5 Å². The summed E-state index contributed by atoms with van der Waals surface area (Å²) < 4.78 is 0. The van der Waals surface area contributed by atoms with Crippen molar-refractivity contribution >= 4 is 65.0 Å². The van der Waals surface area contributed by atoms with E-state index in [0.717, 1.165) is 0 Å². The number of amides is 10. The summed E-state index contributed by atoms with van der Waals surface area (Å²) in [6, 6.07) is -12.1. The molecule has 0 bridgehead atoms. The quantitative estimate of drug-likeness (QED) is 0.0164. The van der Waals surface area contributed by atoms with Crippen molar-refractivity contribution in [3.05, 3.63) is 18.2 Å². The van der Waals surface area contributed by atoms with Gasteiger partial charge in [0.15, 0.2) is 5.96 Å². The first-order valence-electron chi connectivity index (χ1n) is 30.7. The molecule has 89 heavy (non-hydrogen) atoms. The molecule has 35 nitrogen and oxygen atoms in total. The van der Waals surface area contributed by atoms with Crippen LogP contribution in [-0.2, 0) is 54.4 Å². The molecule has 11 unspecified atom stereocenters. The molecule has 35 heteroatoms. The fourth-order valence-corrected chi connectivity index (χ4v) is 9.53. The molecule has 0 saturated carbocycles. The van der Waals surface area contributed by atoms with Gasteiger partial charge in [-0.25, -0.2) is 4.98 Å². The predicted octanol–water partition coefficient (Wildman–Crippen LogP) is -9.34. The number of aromatic nitrogens is 2. The first-order valence-corrected chi connectivity index (χ1v) is 30.7. The largest absolute Gasteiger partial charge is 0.389 e. The van der Waals surface area contributed by atoms with Crippen LogP contribution < -0.4 is 105 Å². The van der Waals surface area contributed by atoms with E-state index in [0.29, 0.717) is 89.7 Å². The summed E-state index contributed by atoms with van der Waals surface area (Å²) in [6.07, 6.45) is 4.85. The number of hydrogen-bond acceptors (Lipinski definition) is 22. The van der Waals surface area contributed by atoms with E-state index in [1.165, 1.54) is 17.4 Å².